The second kappa shape index (κ2) is 5.34. The van der Waals surface area contributed by atoms with Gasteiger partial charge in [-0.1, -0.05) is 23.2 Å². The first kappa shape index (κ1) is 12.8. The molecule has 5 heteroatoms. The third-order valence-electron chi connectivity index (χ3n) is 2.40. The molecule has 0 radical (unpaired) electrons. The van der Waals surface area contributed by atoms with Gasteiger partial charge < -0.3 is 0 Å². The van der Waals surface area contributed by atoms with Gasteiger partial charge >= 0.3 is 0 Å². The molecular formula is C13H7Cl2FN2. The summed E-state index contributed by atoms with van der Waals surface area (Å²) in [7, 11) is 0. The Morgan fingerprint density at radius 1 is 1.22 bits per heavy atom. The third-order valence-corrected chi connectivity index (χ3v) is 2.96. The molecule has 18 heavy (non-hydrogen) atoms. The van der Waals surface area contributed by atoms with E-state index in [9.17, 15) is 4.39 Å². The maximum Gasteiger partial charge on any atom is 0.220 e. The van der Waals surface area contributed by atoms with Crippen molar-refractivity contribution in [2.75, 3.05) is 0 Å². The summed E-state index contributed by atoms with van der Waals surface area (Å²) in [5, 5.41) is 9.47. The van der Waals surface area contributed by atoms with Gasteiger partial charge in [0.1, 0.15) is 0 Å². The largest absolute Gasteiger partial charge is 0.227 e. The van der Waals surface area contributed by atoms with Crippen molar-refractivity contribution in [3.63, 3.8) is 0 Å². The van der Waals surface area contributed by atoms with Gasteiger partial charge in [0.25, 0.3) is 0 Å². The van der Waals surface area contributed by atoms with Crippen molar-refractivity contribution in [2.45, 2.75) is 6.42 Å². The summed E-state index contributed by atoms with van der Waals surface area (Å²) in [6, 6.07) is 8.33. The van der Waals surface area contributed by atoms with E-state index in [1.807, 2.05) is 6.07 Å². The maximum absolute atomic E-state index is 13.7. The molecule has 1 heterocycles. The summed E-state index contributed by atoms with van der Waals surface area (Å²) < 4.78 is 13.7. The van der Waals surface area contributed by atoms with Gasteiger partial charge in [-0.2, -0.15) is 9.65 Å². The van der Waals surface area contributed by atoms with Crippen LogP contribution in [-0.2, 0) is 6.42 Å². The standard InChI is InChI=1S/C13H7Cl2FN2/c14-9-1-2-12(15)10(6-9)11-5-8(3-4-17)7-18-13(11)16/h1-2,5-7H,3H2. The minimum Gasteiger partial charge on any atom is -0.227 e. The minimum absolute atomic E-state index is 0.165. The quantitative estimate of drug-likeness (QED) is 0.771. The van der Waals surface area contributed by atoms with Crippen LogP contribution in [0.5, 0.6) is 0 Å². The molecule has 0 aliphatic heterocycles. The van der Waals surface area contributed by atoms with Crippen LogP contribution in [0.25, 0.3) is 11.1 Å². The molecule has 0 amide bonds. The van der Waals surface area contributed by atoms with E-state index in [-0.39, 0.29) is 12.0 Å². The predicted octanol–water partition coefficient (Wildman–Crippen LogP) is 4.26. The van der Waals surface area contributed by atoms with Gasteiger partial charge in [-0.15, -0.1) is 0 Å². The topological polar surface area (TPSA) is 36.7 Å². The highest BCUT2D eigenvalue weighted by molar-refractivity contribution is 6.35. The van der Waals surface area contributed by atoms with Crippen molar-refractivity contribution >= 4 is 23.2 Å². The highest BCUT2D eigenvalue weighted by Gasteiger charge is 2.11. The lowest BCUT2D eigenvalue weighted by Gasteiger charge is -2.07. The van der Waals surface area contributed by atoms with Crippen molar-refractivity contribution in [3.8, 4) is 17.2 Å². The van der Waals surface area contributed by atoms with Gasteiger partial charge in [0.2, 0.25) is 5.95 Å². The summed E-state index contributed by atoms with van der Waals surface area (Å²) in [5.74, 6) is -0.638. The fourth-order valence-electron chi connectivity index (χ4n) is 1.57. The lowest BCUT2D eigenvalue weighted by molar-refractivity contribution is 0.586. The summed E-state index contributed by atoms with van der Waals surface area (Å²) in [5.41, 5.74) is 1.34. The van der Waals surface area contributed by atoms with Crippen LogP contribution in [0.4, 0.5) is 4.39 Å². The normalized spacial score (nSPS) is 10.1. The molecule has 2 nitrogen and oxygen atoms in total. The molecule has 0 N–H and O–H groups in total. The van der Waals surface area contributed by atoms with E-state index in [0.29, 0.717) is 21.2 Å². The SMILES string of the molecule is N#CCc1cnc(F)c(-c2cc(Cl)ccc2Cl)c1. The fourth-order valence-corrected chi connectivity index (χ4v) is 1.96. The van der Waals surface area contributed by atoms with Crippen LogP contribution in [0.3, 0.4) is 0 Å². The van der Waals surface area contributed by atoms with Crippen LogP contribution in [-0.4, -0.2) is 4.98 Å². The maximum atomic E-state index is 13.7. The summed E-state index contributed by atoms with van der Waals surface area (Å²) in [6.07, 6.45) is 1.50. The van der Waals surface area contributed by atoms with Gasteiger partial charge in [0, 0.05) is 27.4 Å². The zero-order chi connectivity index (χ0) is 13.1. The Bertz CT molecular complexity index is 635. The second-order valence-electron chi connectivity index (χ2n) is 3.64. The highest BCUT2D eigenvalue weighted by atomic mass is 35.5. The van der Waals surface area contributed by atoms with E-state index >= 15 is 0 Å². The molecule has 0 aliphatic rings. The Balaban J connectivity index is 2.59. The highest BCUT2D eigenvalue weighted by Crippen LogP contribution is 2.32. The van der Waals surface area contributed by atoms with Gasteiger partial charge in [-0.25, -0.2) is 4.98 Å². The van der Waals surface area contributed by atoms with Gasteiger partial charge in [0.15, 0.2) is 0 Å². The predicted molar refractivity (Wildman–Crippen MR) is 69.0 cm³/mol. The van der Waals surface area contributed by atoms with Crippen LogP contribution < -0.4 is 0 Å². The molecule has 0 spiro atoms. The Kier molecular flexibility index (Phi) is 3.81. The molecule has 2 aromatic rings. The van der Waals surface area contributed by atoms with Crippen molar-refractivity contribution in [1.82, 2.24) is 4.98 Å². The Labute approximate surface area is 114 Å². The van der Waals surface area contributed by atoms with Crippen molar-refractivity contribution < 1.29 is 4.39 Å². The number of pyridine rings is 1. The Morgan fingerprint density at radius 2 is 2.00 bits per heavy atom. The number of rotatable bonds is 2. The van der Waals surface area contributed by atoms with Gasteiger partial charge in [-0.05, 0) is 29.8 Å². The van der Waals surface area contributed by atoms with Crippen LogP contribution in [0.15, 0.2) is 30.5 Å². The third kappa shape index (κ3) is 2.61. The monoisotopic (exact) mass is 280 g/mol. The first-order valence-corrected chi connectivity index (χ1v) is 5.84. The molecule has 0 atom stereocenters. The van der Waals surface area contributed by atoms with Crippen LogP contribution in [0.1, 0.15) is 5.56 Å². The number of nitriles is 1. The van der Waals surface area contributed by atoms with E-state index in [0.717, 1.165) is 0 Å². The first-order chi connectivity index (χ1) is 8.61. The Hall–Kier alpha value is -1.63. The molecule has 1 aromatic carbocycles. The zero-order valence-electron chi connectivity index (χ0n) is 9.12. The minimum atomic E-state index is -0.638. The molecule has 0 bridgehead atoms. The summed E-state index contributed by atoms with van der Waals surface area (Å²) >= 11 is 11.9. The van der Waals surface area contributed by atoms with Crippen molar-refractivity contribution in [2.24, 2.45) is 0 Å². The van der Waals surface area contributed by atoms with Crippen LogP contribution in [0, 0.1) is 17.3 Å². The van der Waals surface area contributed by atoms with Crippen molar-refractivity contribution in [3.05, 3.63) is 52.0 Å². The number of benzene rings is 1. The molecule has 0 saturated carbocycles. The smallest absolute Gasteiger partial charge is 0.220 e. The lowest BCUT2D eigenvalue weighted by Crippen LogP contribution is -1.93. The average molecular weight is 281 g/mol. The lowest BCUT2D eigenvalue weighted by atomic mass is 10.0. The van der Waals surface area contributed by atoms with Crippen molar-refractivity contribution in [1.29, 1.82) is 5.26 Å². The molecule has 2 rings (SSSR count). The molecule has 0 aliphatic carbocycles. The van der Waals surface area contributed by atoms with E-state index < -0.39 is 5.95 Å². The Morgan fingerprint density at radius 3 is 2.72 bits per heavy atom. The molecule has 0 fully saturated rings. The zero-order valence-corrected chi connectivity index (χ0v) is 10.6. The van der Waals surface area contributed by atoms with E-state index in [1.165, 1.54) is 6.20 Å². The summed E-state index contributed by atoms with van der Waals surface area (Å²) in [4.78, 5) is 3.63. The number of aromatic nitrogens is 1. The number of hydrogen-bond donors (Lipinski definition) is 0. The molecule has 0 unspecified atom stereocenters. The molecule has 90 valence electrons. The fraction of sp³-hybridized carbons (Fsp3) is 0.0769. The van der Waals surface area contributed by atoms with E-state index in [2.05, 4.69) is 4.98 Å². The number of halogens is 3. The number of hydrogen-bond acceptors (Lipinski definition) is 2. The molecule has 1 aromatic heterocycles. The first-order valence-electron chi connectivity index (χ1n) is 5.08. The molecule has 0 saturated heterocycles. The van der Waals surface area contributed by atoms with Gasteiger partial charge in [-0.3, -0.25) is 0 Å². The number of nitrogens with zero attached hydrogens (tertiary/aromatic N) is 2. The van der Waals surface area contributed by atoms with Crippen LogP contribution in [0.2, 0.25) is 10.0 Å². The molecular weight excluding hydrogens is 274 g/mol. The summed E-state index contributed by atoms with van der Waals surface area (Å²) in [6.45, 7) is 0. The van der Waals surface area contributed by atoms with Gasteiger partial charge in [0.05, 0.1) is 12.5 Å². The second-order valence-corrected chi connectivity index (χ2v) is 4.48. The van der Waals surface area contributed by atoms with E-state index in [4.69, 9.17) is 28.5 Å². The average Bonchev–Trinajstić information content (AvgIpc) is 2.35. The van der Waals surface area contributed by atoms with Crippen LogP contribution >= 0.6 is 23.2 Å². The van der Waals surface area contributed by atoms with E-state index in [1.54, 1.807) is 24.3 Å².